The highest BCUT2D eigenvalue weighted by Gasteiger charge is 2.24. The van der Waals surface area contributed by atoms with E-state index in [0.29, 0.717) is 29.3 Å². The van der Waals surface area contributed by atoms with Crippen LogP contribution in [0.5, 0.6) is 11.6 Å². The Hall–Kier alpha value is -4.28. The van der Waals surface area contributed by atoms with Gasteiger partial charge >= 0.3 is 0 Å². The zero-order valence-electron chi connectivity index (χ0n) is 19.5. The van der Waals surface area contributed by atoms with Crippen LogP contribution in [0.15, 0.2) is 42.7 Å². The van der Waals surface area contributed by atoms with Crippen molar-refractivity contribution in [2.45, 2.75) is 19.4 Å². The number of nitrogens with two attached hydrogens (primary N) is 1. The first-order chi connectivity index (χ1) is 17.4. The van der Waals surface area contributed by atoms with Gasteiger partial charge in [-0.15, -0.1) is 5.10 Å². The summed E-state index contributed by atoms with van der Waals surface area (Å²) in [5.74, 6) is -1.84. The predicted molar refractivity (Wildman–Crippen MR) is 123 cm³/mol. The van der Waals surface area contributed by atoms with Crippen LogP contribution in [0.1, 0.15) is 30.1 Å². The molecule has 1 aromatic carbocycles. The standard InChI is InChI=1S/C24H22F2N6O3/c1-34-23-18(7-15(10-29-23)14-4-5-32-20(8-14)30-24(27)31-32)22(33)28-11-16-6-17(25)9-19(26)21(16)35-12-13-2-3-13/h4-10,13H,2-3,11-12H2,1H3,(H2,27,31)(H,28,33)/i1D. The van der Waals surface area contributed by atoms with Gasteiger partial charge in [-0.3, -0.25) is 4.79 Å². The summed E-state index contributed by atoms with van der Waals surface area (Å²) in [7, 11) is -0.453. The van der Waals surface area contributed by atoms with Crippen LogP contribution in [0, 0.1) is 17.6 Å². The number of carbonyl (C=O) groups is 1. The van der Waals surface area contributed by atoms with Gasteiger partial charge in [-0.05, 0) is 48.6 Å². The van der Waals surface area contributed by atoms with Crippen LogP contribution in [0.25, 0.3) is 16.8 Å². The minimum atomic E-state index is -0.827. The normalized spacial score (nSPS) is 13.5. The molecule has 3 N–H and O–H groups in total. The number of nitrogens with zero attached hydrogens (tertiary/aromatic N) is 4. The second-order valence-electron chi connectivity index (χ2n) is 8.22. The molecule has 0 aliphatic heterocycles. The number of rotatable bonds is 8. The van der Waals surface area contributed by atoms with Crippen molar-refractivity contribution in [3.05, 3.63) is 65.5 Å². The average Bonchev–Trinajstić information content (AvgIpc) is 3.60. The Labute approximate surface area is 200 Å². The Balaban J connectivity index is 1.40. The molecule has 0 unspecified atom stereocenters. The van der Waals surface area contributed by atoms with E-state index in [4.69, 9.17) is 16.6 Å². The highest BCUT2D eigenvalue weighted by Crippen LogP contribution is 2.32. The summed E-state index contributed by atoms with van der Waals surface area (Å²) >= 11 is 0. The van der Waals surface area contributed by atoms with Crippen molar-refractivity contribution in [2.24, 2.45) is 5.92 Å². The molecule has 1 saturated carbocycles. The van der Waals surface area contributed by atoms with Crippen LogP contribution in [0.2, 0.25) is 0 Å². The highest BCUT2D eigenvalue weighted by molar-refractivity contribution is 5.97. The summed E-state index contributed by atoms with van der Waals surface area (Å²) in [6, 6.07) is 6.91. The number of nitrogens with one attached hydrogen (secondary N) is 1. The fourth-order valence-corrected chi connectivity index (χ4v) is 3.63. The first kappa shape index (κ1) is 21.3. The Bertz CT molecular complexity index is 1440. The topological polar surface area (TPSA) is 117 Å². The molecule has 1 aliphatic carbocycles. The van der Waals surface area contributed by atoms with Crippen LogP contribution in [0.3, 0.4) is 0 Å². The van der Waals surface area contributed by atoms with Crippen molar-refractivity contribution in [3.63, 3.8) is 0 Å². The number of hydrogen-bond acceptors (Lipinski definition) is 7. The third-order valence-corrected chi connectivity index (χ3v) is 5.60. The minimum absolute atomic E-state index is 0.0466. The Morgan fingerprint density at radius 1 is 1.29 bits per heavy atom. The molecule has 9 nitrogen and oxygen atoms in total. The van der Waals surface area contributed by atoms with Crippen molar-refractivity contribution in [1.29, 1.82) is 0 Å². The maximum absolute atomic E-state index is 14.4. The van der Waals surface area contributed by atoms with Crippen LogP contribution < -0.4 is 20.5 Å². The molecule has 180 valence electrons. The lowest BCUT2D eigenvalue weighted by Gasteiger charge is -2.14. The molecule has 1 fully saturated rings. The molecule has 0 radical (unpaired) electrons. The monoisotopic (exact) mass is 481 g/mol. The number of halogens is 2. The fraction of sp³-hybridized carbons (Fsp3) is 0.250. The number of pyridine rings is 2. The van der Waals surface area contributed by atoms with Gasteiger partial charge in [-0.1, -0.05) is 0 Å². The molecule has 0 spiro atoms. The molecule has 1 aliphatic rings. The first-order valence-electron chi connectivity index (χ1n) is 11.5. The molecule has 3 aromatic heterocycles. The molecule has 5 rings (SSSR count). The van der Waals surface area contributed by atoms with Gasteiger partial charge in [-0.2, -0.15) is 4.98 Å². The Morgan fingerprint density at radius 2 is 2.14 bits per heavy atom. The van der Waals surface area contributed by atoms with E-state index in [9.17, 15) is 13.6 Å². The van der Waals surface area contributed by atoms with Crippen LogP contribution >= 0.6 is 0 Å². The first-order valence-corrected chi connectivity index (χ1v) is 10.8. The molecule has 0 atom stereocenters. The summed E-state index contributed by atoms with van der Waals surface area (Å²) in [5.41, 5.74) is 7.64. The minimum Gasteiger partial charge on any atom is -0.490 e. The molecule has 3 heterocycles. The number of nitrogen functional groups attached to an aromatic ring is 1. The summed E-state index contributed by atoms with van der Waals surface area (Å²) in [5, 5.41) is 6.68. The van der Waals surface area contributed by atoms with Crippen molar-refractivity contribution in [2.75, 3.05) is 19.4 Å². The van der Waals surface area contributed by atoms with Gasteiger partial charge in [0.05, 0.1) is 15.1 Å². The summed E-state index contributed by atoms with van der Waals surface area (Å²) in [4.78, 5) is 21.4. The second kappa shape index (κ2) is 9.16. The molecule has 35 heavy (non-hydrogen) atoms. The predicted octanol–water partition coefficient (Wildman–Crippen LogP) is 3.38. The zero-order valence-corrected chi connectivity index (χ0v) is 18.5. The second-order valence-corrected chi connectivity index (χ2v) is 8.22. The van der Waals surface area contributed by atoms with E-state index in [2.05, 4.69) is 20.4 Å². The lowest BCUT2D eigenvalue weighted by atomic mass is 10.1. The quantitative estimate of drug-likeness (QED) is 0.396. The number of aromatic nitrogens is 4. The van der Waals surface area contributed by atoms with Crippen molar-refractivity contribution >= 4 is 17.5 Å². The van der Waals surface area contributed by atoms with E-state index in [1.165, 1.54) is 10.7 Å². The summed E-state index contributed by atoms with van der Waals surface area (Å²) in [6.45, 7) is 0.141. The van der Waals surface area contributed by atoms with Gasteiger partial charge in [-0.25, -0.2) is 18.3 Å². The molecule has 0 saturated heterocycles. The molecule has 4 aromatic rings. The van der Waals surface area contributed by atoms with Gasteiger partial charge in [0.2, 0.25) is 11.8 Å². The van der Waals surface area contributed by atoms with E-state index in [1.54, 1.807) is 24.4 Å². The van der Waals surface area contributed by atoms with E-state index < -0.39 is 24.6 Å². The van der Waals surface area contributed by atoms with Crippen molar-refractivity contribution < 1.29 is 24.4 Å². The summed E-state index contributed by atoms with van der Waals surface area (Å²) < 4.78 is 48.0. The Morgan fingerprint density at radius 3 is 2.94 bits per heavy atom. The fourth-order valence-electron chi connectivity index (χ4n) is 3.63. The van der Waals surface area contributed by atoms with Gasteiger partial charge in [0.1, 0.15) is 11.4 Å². The molecular formula is C24H22F2N6O3. The third-order valence-electron chi connectivity index (χ3n) is 5.60. The highest BCUT2D eigenvalue weighted by atomic mass is 19.1. The maximum atomic E-state index is 14.4. The number of fused-ring (bicyclic) bond motifs is 1. The van der Waals surface area contributed by atoms with Crippen molar-refractivity contribution in [3.8, 4) is 22.8 Å². The molecular weight excluding hydrogens is 458 g/mol. The molecule has 11 heteroatoms. The van der Waals surface area contributed by atoms with Crippen LogP contribution in [-0.4, -0.2) is 39.2 Å². The lowest BCUT2D eigenvalue weighted by Crippen LogP contribution is -2.24. The molecule has 0 bridgehead atoms. The van der Waals surface area contributed by atoms with Crippen LogP contribution in [0.4, 0.5) is 14.7 Å². The molecule has 1 amide bonds. The van der Waals surface area contributed by atoms with Crippen LogP contribution in [-0.2, 0) is 6.54 Å². The smallest absolute Gasteiger partial charge is 0.257 e. The van der Waals surface area contributed by atoms with E-state index in [1.807, 2.05) is 0 Å². The summed E-state index contributed by atoms with van der Waals surface area (Å²) in [6.07, 6.45) is 5.19. The number of methoxy groups -OCH3 is 1. The SMILES string of the molecule is [2H]COc1ncc(-c2ccn3nc(N)nc3c2)cc1C(=O)NCc1cc(F)cc(F)c1OCC1CC1. The van der Waals surface area contributed by atoms with E-state index in [-0.39, 0.29) is 35.2 Å². The van der Waals surface area contributed by atoms with Gasteiger partial charge < -0.3 is 20.5 Å². The number of benzene rings is 1. The van der Waals surface area contributed by atoms with Gasteiger partial charge in [0.25, 0.3) is 5.91 Å². The number of carbonyl (C=O) groups excluding carboxylic acids is 1. The number of ether oxygens (including phenoxy) is 2. The van der Waals surface area contributed by atoms with E-state index in [0.717, 1.165) is 25.0 Å². The average molecular weight is 481 g/mol. The Kier molecular flexibility index (Phi) is 5.57. The number of anilines is 1. The third kappa shape index (κ3) is 4.84. The largest absolute Gasteiger partial charge is 0.490 e. The van der Waals surface area contributed by atoms with Crippen molar-refractivity contribution in [1.82, 2.24) is 24.9 Å². The maximum Gasteiger partial charge on any atom is 0.257 e. The zero-order chi connectivity index (χ0) is 25.2. The van der Waals surface area contributed by atoms with Gasteiger partial charge in [0.15, 0.2) is 17.2 Å². The van der Waals surface area contributed by atoms with Gasteiger partial charge in [0, 0.05) is 36.1 Å². The lowest BCUT2D eigenvalue weighted by molar-refractivity contribution is 0.0946. The number of hydrogen-bond donors (Lipinski definition) is 2. The number of amides is 1. The van der Waals surface area contributed by atoms with E-state index >= 15 is 0 Å².